The molecule has 1 aliphatic heterocycles. The van der Waals surface area contributed by atoms with Crippen molar-refractivity contribution in [3.05, 3.63) is 24.5 Å². The van der Waals surface area contributed by atoms with Crippen LogP contribution in [0.1, 0.15) is 40.0 Å². The number of anilines is 1. The highest BCUT2D eigenvalue weighted by Gasteiger charge is 2.29. The summed E-state index contributed by atoms with van der Waals surface area (Å²) in [5, 5.41) is 6.14. The number of nitrogens with zero attached hydrogens (tertiary/aromatic N) is 3. The number of carbonyl (C=O) groups excluding carboxylic acids is 1. The van der Waals surface area contributed by atoms with E-state index in [0.717, 1.165) is 37.4 Å². The van der Waals surface area contributed by atoms with E-state index < -0.39 is 0 Å². The summed E-state index contributed by atoms with van der Waals surface area (Å²) >= 11 is 0. The van der Waals surface area contributed by atoms with Gasteiger partial charge in [0.05, 0.1) is 11.9 Å². The molecule has 1 aromatic heterocycles. The normalized spacial score (nSPS) is 17.2. The lowest BCUT2D eigenvalue weighted by Crippen LogP contribution is -2.41. The van der Waals surface area contributed by atoms with Crippen LogP contribution in [0.4, 0.5) is 5.69 Å². The largest absolute Gasteiger partial charge is 0.357 e. The predicted octanol–water partition coefficient (Wildman–Crippen LogP) is 3.36. The average Bonchev–Trinajstić information content (AvgIpc) is 3.10. The molecule has 2 N–H and O–H groups in total. The minimum Gasteiger partial charge on any atom is -0.357 e. The highest BCUT2D eigenvalue weighted by atomic mass is 127. The molecule has 26 heavy (non-hydrogen) atoms. The second kappa shape index (κ2) is 12.1. The molecule has 0 bridgehead atoms. The van der Waals surface area contributed by atoms with Gasteiger partial charge in [-0.25, -0.2) is 4.99 Å². The summed E-state index contributed by atoms with van der Waals surface area (Å²) in [6, 6.07) is 3.62. The van der Waals surface area contributed by atoms with Gasteiger partial charge in [0.2, 0.25) is 5.91 Å². The first-order valence-corrected chi connectivity index (χ1v) is 9.41. The Balaban J connectivity index is 0.00000338. The van der Waals surface area contributed by atoms with E-state index in [-0.39, 0.29) is 36.4 Å². The van der Waals surface area contributed by atoms with Crippen LogP contribution in [0, 0.1) is 11.8 Å². The number of carbonyl (C=O) groups is 1. The van der Waals surface area contributed by atoms with Crippen LogP contribution >= 0.6 is 24.0 Å². The van der Waals surface area contributed by atoms with Crippen LogP contribution in [-0.2, 0) is 4.79 Å². The monoisotopic (exact) mass is 473 g/mol. The van der Waals surface area contributed by atoms with Crippen molar-refractivity contribution >= 4 is 41.5 Å². The smallest absolute Gasteiger partial charge is 0.246 e. The second-order valence-electron chi connectivity index (χ2n) is 6.53. The van der Waals surface area contributed by atoms with Crippen molar-refractivity contribution in [2.45, 2.75) is 40.0 Å². The number of aromatic nitrogens is 1. The molecule has 0 spiro atoms. The number of aliphatic imine (C=N–C) groups is 1. The maximum Gasteiger partial charge on any atom is 0.246 e. The number of likely N-dealkylation sites (tertiary alicyclic amines) is 1. The zero-order chi connectivity index (χ0) is 18.1. The summed E-state index contributed by atoms with van der Waals surface area (Å²) < 4.78 is 0. The van der Waals surface area contributed by atoms with E-state index >= 15 is 0 Å². The number of hydrogen-bond donors (Lipinski definition) is 2. The number of guanidine groups is 1. The van der Waals surface area contributed by atoms with E-state index in [2.05, 4.69) is 46.3 Å². The Morgan fingerprint density at radius 2 is 2.15 bits per heavy atom. The van der Waals surface area contributed by atoms with E-state index in [1.165, 1.54) is 19.3 Å². The molecule has 1 saturated heterocycles. The molecule has 1 aliphatic rings. The van der Waals surface area contributed by atoms with Gasteiger partial charge in [0.15, 0.2) is 5.96 Å². The van der Waals surface area contributed by atoms with Crippen LogP contribution in [0.2, 0.25) is 0 Å². The molecule has 1 fully saturated rings. The van der Waals surface area contributed by atoms with Crippen LogP contribution in [0.25, 0.3) is 0 Å². The van der Waals surface area contributed by atoms with Crippen LogP contribution in [0.3, 0.4) is 0 Å². The first-order valence-electron chi connectivity index (χ1n) is 9.41. The van der Waals surface area contributed by atoms with Crippen LogP contribution < -0.4 is 10.6 Å². The van der Waals surface area contributed by atoms with Crippen LogP contribution in [0.5, 0.6) is 0 Å². The van der Waals surface area contributed by atoms with Crippen LogP contribution in [-0.4, -0.2) is 47.9 Å². The fourth-order valence-corrected chi connectivity index (χ4v) is 3.53. The second-order valence-corrected chi connectivity index (χ2v) is 6.53. The Morgan fingerprint density at radius 3 is 2.77 bits per heavy atom. The molecular weight excluding hydrogens is 441 g/mol. The zero-order valence-corrected chi connectivity index (χ0v) is 18.4. The van der Waals surface area contributed by atoms with Crippen molar-refractivity contribution in [2.24, 2.45) is 16.8 Å². The Hall–Kier alpha value is -1.38. The molecular formula is C19H32IN5O. The van der Waals surface area contributed by atoms with E-state index in [1.807, 2.05) is 6.07 Å². The first-order chi connectivity index (χ1) is 12.2. The number of rotatable bonds is 7. The van der Waals surface area contributed by atoms with E-state index in [1.54, 1.807) is 18.5 Å². The average molecular weight is 473 g/mol. The van der Waals surface area contributed by atoms with E-state index in [0.29, 0.717) is 5.69 Å². The minimum atomic E-state index is -0.126. The molecule has 0 radical (unpaired) electrons. The third-order valence-corrected chi connectivity index (χ3v) is 4.89. The fraction of sp³-hybridized carbons (Fsp3) is 0.632. The van der Waals surface area contributed by atoms with Gasteiger partial charge in [0.25, 0.3) is 0 Å². The molecule has 0 aromatic carbocycles. The molecule has 0 saturated carbocycles. The van der Waals surface area contributed by atoms with Crippen molar-refractivity contribution in [1.29, 1.82) is 0 Å². The van der Waals surface area contributed by atoms with Crippen LogP contribution in [0.15, 0.2) is 29.5 Å². The predicted molar refractivity (Wildman–Crippen MR) is 118 cm³/mol. The Bertz CT molecular complexity index is 562. The molecule has 6 nitrogen and oxygen atoms in total. The van der Waals surface area contributed by atoms with Gasteiger partial charge in [0.1, 0.15) is 6.54 Å². The molecule has 1 atom stereocenters. The molecule has 0 aliphatic carbocycles. The van der Waals surface area contributed by atoms with Gasteiger partial charge in [-0.1, -0.05) is 26.7 Å². The van der Waals surface area contributed by atoms with Gasteiger partial charge < -0.3 is 15.5 Å². The molecule has 1 aromatic rings. The lowest BCUT2D eigenvalue weighted by Gasteiger charge is -2.24. The van der Waals surface area contributed by atoms with Gasteiger partial charge in [-0.15, -0.1) is 24.0 Å². The number of hydrogen-bond acceptors (Lipinski definition) is 3. The standard InChI is InChI=1S/C19H31N5O.HI/c1-4-15(5-2)16-9-11-24(14-16)19(21-6-3)22-13-18(25)23-17-8-7-10-20-12-17;/h7-8,10,12,15-16H,4-6,9,11,13-14H2,1-3H3,(H,21,22)(H,23,25);1H. The van der Waals surface area contributed by atoms with Gasteiger partial charge >= 0.3 is 0 Å². The quantitative estimate of drug-likeness (QED) is 0.362. The topological polar surface area (TPSA) is 69.6 Å². The van der Waals surface area contributed by atoms with Crippen molar-refractivity contribution in [3.8, 4) is 0 Å². The molecule has 7 heteroatoms. The highest BCUT2D eigenvalue weighted by molar-refractivity contribution is 14.0. The summed E-state index contributed by atoms with van der Waals surface area (Å²) in [5.41, 5.74) is 0.697. The number of halogens is 1. The first kappa shape index (κ1) is 22.7. The SMILES string of the molecule is CCNC(=NCC(=O)Nc1cccnc1)N1CCC(C(CC)CC)C1.I. The van der Waals surface area contributed by atoms with Crippen molar-refractivity contribution in [3.63, 3.8) is 0 Å². The third kappa shape index (κ3) is 6.74. The maximum absolute atomic E-state index is 12.1. The number of amides is 1. The molecule has 1 amide bonds. The number of nitrogens with one attached hydrogen (secondary N) is 2. The summed E-state index contributed by atoms with van der Waals surface area (Å²) in [4.78, 5) is 22.9. The fourth-order valence-electron chi connectivity index (χ4n) is 3.53. The van der Waals surface area contributed by atoms with E-state index in [9.17, 15) is 4.79 Å². The zero-order valence-electron chi connectivity index (χ0n) is 16.1. The van der Waals surface area contributed by atoms with Gasteiger partial charge in [-0.05, 0) is 37.3 Å². The summed E-state index contributed by atoms with van der Waals surface area (Å²) in [7, 11) is 0. The summed E-state index contributed by atoms with van der Waals surface area (Å²) in [6.07, 6.45) is 6.99. The van der Waals surface area contributed by atoms with Crippen molar-refractivity contribution < 1.29 is 4.79 Å². The minimum absolute atomic E-state index is 0. The Kier molecular flexibility index (Phi) is 10.5. The third-order valence-electron chi connectivity index (χ3n) is 4.89. The lowest BCUT2D eigenvalue weighted by atomic mass is 9.87. The van der Waals surface area contributed by atoms with Gasteiger partial charge in [-0.2, -0.15) is 0 Å². The summed E-state index contributed by atoms with van der Waals surface area (Å²) in [6.45, 7) is 9.57. The maximum atomic E-state index is 12.1. The number of pyridine rings is 1. The Labute approximate surface area is 174 Å². The molecule has 146 valence electrons. The Morgan fingerprint density at radius 1 is 1.38 bits per heavy atom. The van der Waals surface area contributed by atoms with Gasteiger partial charge in [0, 0.05) is 25.8 Å². The highest BCUT2D eigenvalue weighted by Crippen LogP contribution is 2.28. The molecule has 1 unspecified atom stereocenters. The summed E-state index contributed by atoms with van der Waals surface area (Å²) in [5.74, 6) is 2.22. The van der Waals surface area contributed by atoms with Crippen molar-refractivity contribution in [2.75, 3.05) is 31.5 Å². The molecule has 2 rings (SSSR count). The molecule has 2 heterocycles. The lowest BCUT2D eigenvalue weighted by molar-refractivity contribution is -0.114. The van der Waals surface area contributed by atoms with Gasteiger partial charge in [-0.3, -0.25) is 9.78 Å². The van der Waals surface area contributed by atoms with Crippen molar-refractivity contribution in [1.82, 2.24) is 15.2 Å². The van der Waals surface area contributed by atoms with E-state index in [4.69, 9.17) is 0 Å².